The van der Waals surface area contributed by atoms with Crippen molar-refractivity contribution in [3.05, 3.63) is 48.4 Å². The van der Waals surface area contributed by atoms with Gasteiger partial charge in [0, 0.05) is 0 Å². The summed E-state index contributed by atoms with van der Waals surface area (Å²) in [6, 6.07) is 9.33. The lowest BCUT2D eigenvalue weighted by molar-refractivity contribution is -0.176. The topological polar surface area (TPSA) is 88.5 Å². The van der Waals surface area contributed by atoms with Gasteiger partial charge in [0.2, 0.25) is 6.29 Å². The normalized spacial score (nSPS) is 20.3. The van der Waals surface area contributed by atoms with Gasteiger partial charge in [0.1, 0.15) is 24.7 Å². The third-order valence-electron chi connectivity index (χ3n) is 3.94. The Balaban J connectivity index is 1.42. The van der Waals surface area contributed by atoms with Crippen LogP contribution in [-0.2, 0) is 20.8 Å². The molecule has 0 saturated carbocycles. The van der Waals surface area contributed by atoms with Gasteiger partial charge >= 0.3 is 6.09 Å². The fourth-order valence-corrected chi connectivity index (χ4v) is 2.55. The van der Waals surface area contributed by atoms with Crippen molar-refractivity contribution in [1.82, 2.24) is 4.90 Å². The molecule has 124 valence electrons. The van der Waals surface area contributed by atoms with Gasteiger partial charge in [-0.05, 0) is 5.56 Å². The second-order valence-corrected chi connectivity index (χ2v) is 5.73. The van der Waals surface area contributed by atoms with Crippen LogP contribution in [0.15, 0.2) is 42.9 Å². The molecule has 1 aromatic carbocycles. The number of aliphatic hydroxyl groups is 2. The van der Waals surface area contributed by atoms with E-state index < -0.39 is 24.1 Å². The van der Waals surface area contributed by atoms with E-state index in [0.717, 1.165) is 5.56 Å². The van der Waals surface area contributed by atoms with E-state index in [4.69, 9.17) is 14.2 Å². The van der Waals surface area contributed by atoms with E-state index in [9.17, 15) is 15.0 Å². The van der Waals surface area contributed by atoms with Crippen LogP contribution in [0.5, 0.6) is 0 Å². The lowest BCUT2D eigenvalue weighted by Gasteiger charge is -2.48. The molecule has 2 aliphatic heterocycles. The number of ether oxygens (including phenoxy) is 3. The smallest absolute Gasteiger partial charge is 0.410 e. The Morgan fingerprint density at radius 1 is 1.30 bits per heavy atom. The van der Waals surface area contributed by atoms with Gasteiger partial charge in [0.15, 0.2) is 0 Å². The predicted octanol–water partition coefficient (Wildman–Crippen LogP) is 0.965. The molecule has 0 aromatic heterocycles. The van der Waals surface area contributed by atoms with Crippen molar-refractivity contribution in [1.29, 1.82) is 0 Å². The molecule has 0 spiro atoms. The van der Waals surface area contributed by atoms with Gasteiger partial charge < -0.3 is 29.3 Å². The van der Waals surface area contributed by atoms with Crippen molar-refractivity contribution in [2.24, 2.45) is 0 Å². The predicted molar refractivity (Wildman–Crippen MR) is 78.9 cm³/mol. The number of hydrogen-bond donors (Lipinski definition) is 2. The number of likely N-dealkylation sites (tertiary alicyclic amines) is 1. The Hall–Kier alpha value is -2.25. The number of rotatable bonds is 5. The van der Waals surface area contributed by atoms with E-state index in [2.05, 4.69) is 0 Å². The summed E-state index contributed by atoms with van der Waals surface area (Å²) < 4.78 is 15.3. The van der Waals surface area contributed by atoms with Crippen molar-refractivity contribution in [2.45, 2.75) is 31.0 Å². The average Bonchev–Trinajstić information content (AvgIpc) is 3.03. The third kappa shape index (κ3) is 3.57. The highest BCUT2D eigenvalue weighted by atomic mass is 16.7. The largest absolute Gasteiger partial charge is 0.459 e. The molecule has 0 bridgehead atoms. The molecule has 1 amide bonds. The molecule has 1 atom stereocenters. The van der Waals surface area contributed by atoms with Crippen LogP contribution >= 0.6 is 0 Å². The SMILES string of the molecule is O=C(OCc1ccccc1)N1CC(O)(C(O)CC2OC=CO2)C1. The molecule has 2 aliphatic rings. The summed E-state index contributed by atoms with van der Waals surface area (Å²) in [6.45, 7) is 0.205. The van der Waals surface area contributed by atoms with E-state index in [-0.39, 0.29) is 26.1 Å². The Morgan fingerprint density at radius 3 is 2.61 bits per heavy atom. The number of nitrogens with zero attached hydrogens (tertiary/aromatic N) is 1. The van der Waals surface area contributed by atoms with Gasteiger partial charge in [-0.2, -0.15) is 0 Å². The molecule has 1 saturated heterocycles. The first-order chi connectivity index (χ1) is 11.1. The van der Waals surface area contributed by atoms with Crippen molar-refractivity contribution >= 4 is 6.09 Å². The molecule has 2 heterocycles. The standard InChI is InChI=1S/C16H19NO6/c18-13(8-14-21-6-7-22-14)16(20)10-17(11-16)15(19)23-9-12-4-2-1-3-5-12/h1-7,13-14,18,20H,8-11H2. The number of benzene rings is 1. The molecular weight excluding hydrogens is 302 g/mol. The fraction of sp³-hybridized carbons (Fsp3) is 0.438. The number of hydrogen-bond acceptors (Lipinski definition) is 6. The van der Waals surface area contributed by atoms with Gasteiger partial charge in [-0.15, -0.1) is 0 Å². The fourth-order valence-electron chi connectivity index (χ4n) is 2.55. The lowest BCUT2D eigenvalue weighted by Crippen LogP contribution is -2.69. The van der Waals surface area contributed by atoms with Gasteiger partial charge in [0.05, 0.1) is 25.6 Å². The molecule has 0 radical (unpaired) electrons. The van der Waals surface area contributed by atoms with Crippen molar-refractivity contribution in [3.63, 3.8) is 0 Å². The Morgan fingerprint density at radius 2 is 1.96 bits per heavy atom. The molecule has 1 aromatic rings. The Bertz CT molecular complexity index is 561. The summed E-state index contributed by atoms with van der Waals surface area (Å²) in [5.74, 6) is 0. The van der Waals surface area contributed by atoms with Crippen LogP contribution in [0.4, 0.5) is 4.79 Å². The van der Waals surface area contributed by atoms with E-state index in [0.29, 0.717) is 0 Å². The monoisotopic (exact) mass is 321 g/mol. The summed E-state index contributed by atoms with van der Waals surface area (Å²) in [6.07, 6.45) is 0.723. The quantitative estimate of drug-likeness (QED) is 0.840. The maximum absolute atomic E-state index is 11.9. The molecule has 0 aliphatic carbocycles. The van der Waals surface area contributed by atoms with Crippen LogP contribution in [-0.4, -0.2) is 52.3 Å². The zero-order valence-corrected chi connectivity index (χ0v) is 12.5. The number of aliphatic hydroxyl groups excluding tert-OH is 1. The second-order valence-electron chi connectivity index (χ2n) is 5.73. The molecule has 1 unspecified atom stereocenters. The summed E-state index contributed by atoms with van der Waals surface area (Å²) in [7, 11) is 0. The molecule has 3 rings (SSSR count). The van der Waals surface area contributed by atoms with Crippen LogP contribution in [0.25, 0.3) is 0 Å². The molecule has 23 heavy (non-hydrogen) atoms. The van der Waals surface area contributed by atoms with Gasteiger partial charge in [0.25, 0.3) is 0 Å². The minimum absolute atomic E-state index is 0.0158. The van der Waals surface area contributed by atoms with E-state index in [1.807, 2.05) is 30.3 Å². The van der Waals surface area contributed by atoms with Gasteiger partial charge in [-0.25, -0.2) is 4.79 Å². The highest BCUT2D eigenvalue weighted by Gasteiger charge is 2.50. The van der Waals surface area contributed by atoms with E-state index in [1.165, 1.54) is 17.4 Å². The molecule has 7 nitrogen and oxygen atoms in total. The van der Waals surface area contributed by atoms with Crippen LogP contribution in [0.2, 0.25) is 0 Å². The molecule has 2 N–H and O–H groups in total. The lowest BCUT2D eigenvalue weighted by atomic mass is 9.86. The molecule has 1 fully saturated rings. The number of β-amino-alcohol motifs (C(OH)–C–C–N with tert-alkyl or cyclic N) is 1. The Kier molecular flexibility index (Phi) is 4.40. The van der Waals surface area contributed by atoms with Crippen molar-refractivity contribution < 1.29 is 29.2 Å². The highest BCUT2D eigenvalue weighted by molar-refractivity contribution is 5.69. The zero-order chi connectivity index (χ0) is 16.3. The maximum atomic E-state index is 11.9. The average molecular weight is 321 g/mol. The summed E-state index contributed by atoms with van der Waals surface area (Å²) in [4.78, 5) is 13.3. The Labute approximate surface area is 133 Å². The number of carbonyl (C=O) groups is 1. The maximum Gasteiger partial charge on any atom is 0.410 e. The minimum Gasteiger partial charge on any atom is -0.459 e. The highest BCUT2D eigenvalue weighted by Crippen LogP contribution is 2.29. The van der Waals surface area contributed by atoms with Crippen LogP contribution < -0.4 is 0 Å². The summed E-state index contributed by atoms with van der Waals surface area (Å²) in [5.41, 5.74) is -0.471. The minimum atomic E-state index is -1.36. The third-order valence-corrected chi connectivity index (χ3v) is 3.94. The number of amides is 1. The van der Waals surface area contributed by atoms with Gasteiger partial charge in [-0.3, -0.25) is 0 Å². The summed E-state index contributed by atoms with van der Waals surface area (Å²) in [5, 5.41) is 20.4. The van der Waals surface area contributed by atoms with Crippen LogP contribution in [0, 0.1) is 0 Å². The number of carbonyl (C=O) groups excluding carboxylic acids is 1. The van der Waals surface area contributed by atoms with Crippen molar-refractivity contribution in [3.8, 4) is 0 Å². The van der Waals surface area contributed by atoms with E-state index >= 15 is 0 Å². The first-order valence-electron chi connectivity index (χ1n) is 7.39. The van der Waals surface area contributed by atoms with E-state index in [1.54, 1.807) is 0 Å². The second kappa shape index (κ2) is 6.47. The zero-order valence-electron chi connectivity index (χ0n) is 12.5. The van der Waals surface area contributed by atoms with Crippen LogP contribution in [0.3, 0.4) is 0 Å². The van der Waals surface area contributed by atoms with Crippen molar-refractivity contribution in [2.75, 3.05) is 13.1 Å². The summed E-state index contributed by atoms with van der Waals surface area (Å²) >= 11 is 0. The van der Waals surface area contributed by atoms with Gasteiger partial charge in [-0.1, -0.05) is 30.3 Å². The van der Waals surface area contributed by atoms with Crippen LogP contribution in [0.1, 0.15) is 12.0 Å². The first kappa shape index (κ1) is 15.6. The first-order valence-corrected chi connectivity index (χ1v) is 7.39. The molecular formula is C16H19NO6. The molecule has 7 heteroatoms.